The first-order valence-electron chi connectivity index (χ1n) is 7.63. The number of rotatable bonds is 4. The van der Waals surface area contributed by atoms with Crippen LogP contribution in [0.5, 0.6) is 23.0 Å². The van der Waals surface area contributed by atoms with Crippen molar-refractivity contribution in [3.8, 4) is 34.1 Å². The highest BCUT2D eigenvalue weighted by atomic mass is 16.5. The predicted molar refractivity (Wildman–Crippen MR) is 90.1 cm³/mol. The van der Waals surface area contributed by atoms with Crippen LogP contribution in [-0.2, 0) is 0 Å². The van der Waals surface area contributed by atoms with Crippen LogP contribution in [0.4, 0.5) is 0 Å². The van der Waals surface area contributed by atoms with Crippen molar-refractivity contribution in [1.82, 2.24) is 0 Å². The van der Waals surface area contributed by atoms with Gasteiger partial charge in [-0.15, -0.1) is 0 Å². The van der Waals surface area contributed by atoms with Gasteiger partial charge in [0.05, 0.1) is 25.3 Å². The fraction of sp³-hybridized carbons (Fsp3) is 0.263. The second-order valence-electron chi connectivity index (χ2n) is 5.52. The Bertz CT molecular complexity index is 742. The molecule has 0 fully saturated rings. The van der Waals surface area contributed by atoms with Crippen molar-refractivity contribution in [1.29, 1.82) is 0 Å². The fourth-order valence-corrected chi connectivity index (χ4v) is 3.14. The van der Waals surface area contributed by atoms with Crippen molar-refractivity contribution in [2.45, 2.75) is 19.3 Å². The molecular weight excluding hydrogens is 292 g/mol. The van der Waals surface area contributed by atoms with Gasteiger partial charge in [0.2, 0.25) is 0 Å². The molecule has 0 bridgehead atoms. The lowest BCUT2D eigenvalue weighted by atomic mass is 9.94. The van der Waals surface area contributed by atoms with Crippen molar-refractivity contribution >= 4 is 5.57 Å². The average molecular weight is 312 g/mol. The Morgan fingerprint density at radius 3 is 2.22 bits per heavy atom. The quantitative estimate of drug-likeness (QED) is 0.881. The van der Waals surface area contributed by atoms with E-state index < -0.39 is 0 Å². The molecule has 2 aromatic carbocycles. The van der Waals surface area contributed by atoms with E-state index in [9.17, 15) is 10.2 Å². The largest absolute Gasteiger partial charge is 0.507 e. The summed E-state index contributed by atoms with van der Waals surface area (Å²) < 4.78 is 11.1. The van der Waals surface area contributed by atoms with Crippen LogP contribution in [0.15, 0.2) is 36.4 Å². The zero-order chi connectivity index (χ0) is 16.4. The maximum absolute atomic E-state index is 10.3. The summed E-state index contributed by atoms with van der Waals surface area (Å²) in [5.74, 6) is 1.12. The summed E-state index contributed by atoms with van der Waals surface area (Å²) >= 11 is 0. The van der Waals surface area contributed by atoms with Gasteiger partial charge in [0.25, 0.3) is 0 Å². The first kappa shape index (κ1) is 15.3. The Balaban J connectivity index is 2.31. The van der Waals surface area contributed by atoms with E-state index in [0.29, 0.717) is 22.6 Å². The monoisotopic (exact) mass is 312 g/mol. The van der Waals surface area contributed by atoms with E-state index in [1.54, 1.807) is 20.3 Å². The summed E-state index contributed by atoms with van der Waals surface area (Å²) in [6.45, 7) is 0. The first-order chi connectivity index (χ1) is 11.2. The predicted octanol–water partition coefficient (Wildman–Crippen LogP) is 4.35. The summed E-state index contributed by atoms with van der Waals surface area (Å²) in [5.41, 5.74) is 3.08. The maximum atomic E-state index is 10.3. The smallest absolute Gasteiger partial charge is 0.138 e. The van der Waals surface area contributed by atoms with Crippen molar-refractivity contribution in [2.24, 2.45) is 0 Å². The molecule has 1 aliphatic carbocycles. The lowest BCUT2D eigenvalue weighted by Crippen LogP contribution is -1.98. The minimum atomic E-state index is -0.0147. The number of allylic oxidation sites excluding steroid dienone is 2. The number of hydrogen-bond donors (Lipinski definition) is 2. The number of ether oxygens (including phenoxy) is 2. The number of hydrogen-bond acceptors (Lipinski definition) is 4. The van der Waals surface area contributed by atoms with Crippen LogP contribution >= 0.6 is 0 Å². The molecule has 0 saturated heterocycles. The molecule has 0 spiro atoms. The third-order valence-electron chi connectivity index (χ3n) is 4.20. The van der Waals surface area contributed by atoms with Crippen molar-refractivity contribution < 1.29 is 19.7 Å². The SMILES string of the molecule is COc1ccc(C2=CCCC2)c(OC)c1-c1c(O)cccc1O. The van der Waals surface area contributed by atoms with Crippen LogP contribution < -0.4 is 9.47 Å². The van der Waals surface area contributed by atoms with Crippen LogP contribution in [0.25, 0.3) is 16.7 Å². The maximum Gasteiger partial charge on any atom is 0.138 e. The molecule has 120 valence electrons. The highest BCUT2D eigenvalue weighted by molar-refractivity contribution is 5.90. The number of aromatic hydroxyl groups is 2. The van der Waals surface area contributed by atoms with Gasteiger partial charge in [-0.25, -0.2) is 0 Å². The van der Waals surface area contributed by atoms with Crippen molar-refractivity contribution in [3.63, 3.8) is 0 Å². The van der Waals surface area contributed by atoms with Gasteiger partial charge in [0.1, 0.15) is 23.0 Å². The summed E-state index contributed by atoms with van der Waals surface area (Å²) in [7, 11) is 3.15. The lowest BCUT2D eigenvalue weighted by Gasteiger charge is -2.19. The molecule has 23 heavy (non-hydrogen) atoms. The van der Waals surface area contributed by atoms with E-state index >= 15 is 0 Å². The minimum absolute atomic E-state index is 0.0147. The lowest BCUT2D eigenvalue weighted by molar-refractivity contribution is 0.394. The topological polar surface area (TPSA) is 58.9 Å². The Hall–Kier alpha value is -2.62. The van der Waals surface area contributed by atoms with Crippen molar-refractivity contribution in [3.05, 3.63) is 42.0 Å². The molecule has 0 aromatic heterocycles. The van der Waals surface area contributed by atoms with Gasteiger partial charge in [0, 0.05) is 5.56 Å². The zero-order valence-corrected chi connectivity index (χ0v) is 13.3. The molecule has 2 aromatic rings. The van der Waals surface area contributed by atoms with Crippen LogP contribution in [0, 0.1) is 0 Å². The fourth-order valence-electron chi connectivity index (χ4n) is 3.14. The van der Waals surface area contributed by atoms with Gasteiger partial charge in [-0.1, -0.05) is 12.1 Å². The van der Waals surface area contributed by atoms with E-state index in [2.05, 4.69) is 6.08 Å². The van der Waals surface area contributed by atoms with E-state index in [4.69, 9.17) is 9.47 Å². The molecule has 4 nitrogen and oxygen atoms in total. The van der Waals surface area contributed by atoms with E-state index in [1.807, 2.05) is 12.1 Å². The van der Waals surface area contributed by atoms with Gasteiger partial charge in [0.15, 0.2) is 0 Å². The molecule has 0 aliphatic heterocycles. The van der Waals surface area contributed by atoms with E-state index in [1.165, 1.54) is 17.7 Å². The molecule has 0 amide bonds. The van der Waals surface area contributed by atoms with Crippen LogP contribution in [0.2, 0.25) is 0 Å². The molecule has 2 N–H and O–H groups in total. The average Bonchev–Trinajstić information content (AvgIpc) is 3.08. The van der Waals surface area contributed by atoms with E-state index in [-0.39, 0.29) is 11.5 Å². The van der Waals surface area contributed by atoms with Gasteiger partial charge < -0.3 is 19.7 Å². The highest BCUT2D eigenvalue weighted by Gasteiger charge is 2.24. The Morgan fingerprint density at radius 1 is 0.913 bits per heavy atom. The number of phenolic OH excluding ortho intramolecular Hbond substituents is 2. The molecule has 0 heterocycles. The third kappa shape index (κ3) is 2.61. The third-order valence-corrected chi connectivity index (χ3v) is 4.20. The second-order valence-corrected chi connectivity index (χ2v) is 5.52. The standard InChI is InChI=1S/C19H20O4/c1-22-16-11-10-13(12-6-3-4-7-12)19(23-2)18(16)17-14(20)8-5-9-15(17)21/h5-6,8-11,20-21H,3-4,7H2,1-2H3. The Morgan fingerprint density at radius 2 is 1.65 bits per heavy atom. The van der Waals surface area contributed by atoms with Crippen LogP contribution in [-0.4, -0.2) is 24.4 Å². The normalized spacial score (nSPS) is 13.7. The molecule has 0 radical (unpaired) electrons. The highest BCUT2D eigenvalue weighted by Crippen LogP contribution is 2.50. The summed E-state index contributed by atoms with van der Waals surface area (Å²) in [6.07, 6.45) is 5.39. The zero-order valence-electron chi connectivity index (χ0n) is 13.3. The molecule has 0 atom stereocenters. The molecule has 0 saturated carbocycles. The van der Waals surface area contributed by atoms with Crippen LogP contribution in [0.1, 0.15) is 24.8 Å². The number of methoxy groups -OCH3 is 2. The van der Waals surface area contributed by atoms with Crippen LogP contribution in [0.3, 0.4) is 0 Å². The molecule has 4 heteroatoms. The summed E-state index contributed by atoms with van der Waals surface area (Å²) in [4.78, 5) is 0. The second kappa shape index (κ2) is 6.24. The van der Waals surface area contributed by atoms with Gasteiger partial charge in [-0.3, -0.25) is 0 Å². The Labute approximate surface area is 135 Å². The van der Waals surface area contributed by atoms with Gasteiger partial charge in [-0.2, -0.15) is 0 Å². The van der Waals surface area contributed by atoms with Crippen molar-refractivity contribution in [2.75, 3.05) is 14.2 Å². The molecular formula is C19H20O4. The molecule has 1 aliphatic rings. The van der Waals surface area contributed by atoms with Gasteiger partial charge in [-0.05, 0) is 49.1 Å². The molecule has 3 rings (SSSR count). The summed E-state index contributed by atoms with van der Waals surface area (Å²) in [6, 6.07) is 8.48. The van der Waals surface area contributed by atoms with E-state index in [0.717, 1.165) is 24.8 Å². The Kier molecular flexibility index (Phi) is 4.15. The minimum Gasteiger partial charge on any atom is -0.507 e. The summed E-state index contributed by atoms with van der Waals surface area (Å²) in [5, 5.41) is 20.5. The first-order valence-corrected chi connectivity index (χ1v) is 7.63. The van der Waals surface area contributed by atoms with Gasteiger partial charge >= 0.3 is 0 Å². The number of benzene rings is 2. The number of phenols is 2. The molecule has 0 unspecified atom stereocenters.